The molecule has 7 nitrogen and oxygen atoms in total. The van der Waals surface area contributed by atoms with E-state index in [4.69, 9.17) is 0 Å². The van der Waals surface area contributed by atoms with Crippen molar-refractivity contribution < 1.29 is 15.0 Å². The molecule has 1 saturated carbocycles. The van der Waals surface area contributed by atoms with Gasteiger partial charge in [0.1, 0.15) is 12.1 Å². The second-order valence-corrected chi connectivity index (χ2v) is 9.17. The van der Waals surface area contributed by atoms with E-state index in [9.17, 15) is 15.0 Å². The number of Topliss-reactive ketones (excluding diaryl/α,β-unsaturated/α-hetero) is 1. The van der Waals surface area contributed by atoms with Crippen molar-refractivity contribution in [1.82, 2.24) is 14.9 Å². The van der Waals surface area contributed by atoms with Crippen LogP contribution in [0, 0.1) is 12.8 Å². The van der Waals surface area contributed by atoms with Crippen molar-refractivity contribution in [3.05, 3.63) is 30.1 Å². The third-order valence-corrected chi connectivity index (χ3v) is 6.86. The van der Waals surface area contributed by atoms with Gasteiger partial charge < -0.3 is 15.5 Å². The molecule has 3 N–H and O–H groups in total. The number of aryl methyl sites for hydroxylation is 1. The largest absolute Gasteiger partial charge is 0.390 e. The van der Waals surface area contributed by atoms with Crippen LogP contribution in [-0.2, 0) is 4.79 Å². The monoisotopic (exact) mass is 412 g/mol. The highest BCUT2D eigenvalue weighted by atomic mass is 16.3. The summed E-state index contributed by atoms with van der Waals surface area (Å²) >= 11 is 0. The molecule has 2 fully saturated rings. The highest BCUT2D eigenvalue weighted by molar-refractivity contribution is 5.91. The summed E-state index contributed by atoms with van der Waals surface area (Å²) in [6.45, 7) is 5.87. The van der Waals surface area contributed by atoms with E-state index in [0.717, 1.165) is 42.4 Å². The molecule has 1 saturated heterocycles. The maximum Gasteiger partial charge on any atom is 0.152 e. The van der Waals surface area contributed by atoms with Crippen LogP contribution in [0.3, 0.4) is 0 Å². The minimum Gasteiger partial charge on any atom is -0.390 e. The van der Waals surface area contributed by atoms with E-state index in [1.165, 1.54) is 6.33 Å². The topological polar surface area (TPSA) is 98.6 Å². The Morgan fingerprint density at radius 3 is 2.73 bits per heavy atom. The van der Waals surface area contributed by atoms with Gasteiger partial charge in [-0.1, -0.05) is 11.6 Å². The molecule has 30 heavy (non-hydrogen) atoms. The number of aliphatic hydroxyl groups is 2. The maximum absolute atomic E-state index is 12.5. The van der Waals surface area contributed by atoms with Gasteiger partial charge in [-0.3, -0.25) is 9.69 Å². The third kappa shape index (κ3) is 4.48. The van der Waals surface area contributed by atoms with Crippen LogP contribution in [0.4, 0.5) is 5.82 Å². The zero-order chi connectivity index (χ0) is 21.3. The van der Waals surface area contributed by atoms with Gasteiger partial charge in [-0.15, -0.1) is 0 Å². The van der Waals surface area contributed by atoms with Crippen molar-refractivity contribution in [3.8, 4) is 0 Å². The summed E-state index contributed by atoms with van der Waals surface area (Å²) < 4.78 is 0. The van der Waals surface area contributed by atoms with Crippen LogP contribution in [0.5, 0.6) is 0 Å². The molecule has 1 atom stereocenters. The Morgan fingerprint density at radius 1 is 1.30 bits per heavy atom. The lowest BCUT2D eigenvalue weighted by Gasteiger charge is -2.48. The molecular formula is C23H32N4O3. The number of ketones is 1. The predicted molar refractivity (Wildman–Crippen MR) is 116 cm³/mol. The number of hydrogen-bond acceptors (Lipinski definition) is 7. The summed E-state index contributed by atoms with van der Waals surface area (Å²) in [6.07, 6.45) is 4.53. The number of aromatic nitrogens is 2. The number of anilines is 1. The Labute approximate surface area is 177 Å². The highest BCUT2D eigenvalue weighted by Crippen LogP contribution is 2.36. The molecule has 0 spiro atoms. The van der Waals surface area contributed by atoms with E-state index in [1.54, 1.807) is 6.92 Å². The van der Waals surface area contributed by atoms with Crippen LogP contribution in [0.15, 0.2) is 24.5 Å². The van der Waals surface area contributed by atoms with Crippen molar-refractivity contribution in [3.63, 3.8) is 0 Å². The summed E-state index contributed by atoms with van der Waals surface area (Å²) in [5, 5.41) is 24.3. The van der Waals surface area contributed by atoms with Gasteiger partial charge in [-0.05, 0) is 57.6 Å². The molecule has 1 aliphatic carbocycles. The fourth-order valence-electron chi connectivity index (χ4n) is 4.81. The fraction of sp³-hybridized carbons (Fsp3) is 0.609. The Hall–Kier alpha value is -2.09. The van der Waals surface area contributed by atoms with Gasteiger partial charge in [0, 0.05) is 30.9 Å². The van der Waals surface area contributed by atoms with Crippen LogP contribution in [0.2, 0.25) is 0 Å². The zero-order valence-corrected chi connectivity index (χ0v) is 17.8. The molecule has 162 valence electrons. The second-order valence-electron chi connectivity index (χ2n) is 9.17. The number of benzene rings is 1. The number of carbonyl (C=O) groups excluding carboxylic acids is 1. The average Bonchev–Trinajstić information content (AvgIpc) is 2.69. The van der Waals surface area contributed by atoms with Gasteiger partial charge in [0.15, 0.2) is 5.78 Å². The van der Waals surface area contributed by atoms with Gasteiger partial charge in [-0.25, -0.2) is 9.97 Å². The molecule has 0 amide bonds. The Balaban J connectivity index is 1.22. The van der Waals surface area contributed by atoms with Crippen molar-refractivity contribution >= 4 is 22.5 Å². The maximum atomic E-state index is 12.5. The van der Waals surface area contributed by atoms with Gasteiger partial charge >= 0.3 is 0 Å². The number of nitrogens with one attached hydrogen (secondary N) is 1. The summed E-state index contributed by atoms with van der Waals surface area (Å²) in [7, 11) is 0. The molecule has 0 radical (unpaired) electrons. The number of fused-ring (bicyclic) bond motifs is 1. The summed E-state index contributed by atoms with van der Waals surface area (Å²) in [4.78, 5) is 23.5. The molecule has 4 rings (SSSR count). The Morgan fingerprint density at radius 2 is 2.03 bits per heavy atom. The van der Waals surface area contributed by atoms with Gasteiger partial charge in [0.2, 0.25) is 0 Å². The van der Waals surface area contributed by atoms with E-state index >= 15 is 0 Å². The van der Waals surface area contributed by atoms with Crippen LogP contribution >= 0.6 is 0 Å². The van der Waals surface area contributed by atoms with E-state index in [1.807, 2.05) is 25.1 Å². The summed E-state index contributed by atoms with van der Waals surface area (Å²) in [5.74, 6) is 1.31. The molecule has 0 bridgehead atoms. The van der Waals surface area contributed by atoms with Crippen molar-refractivity contribution in [2.45, 2.75) is 63.7 Å². The predicted octanol–water partition coefficient (Wildman–Crippen LogP) is 2.30. The zero-order valence-electron chi connectivity index (χ0n) is 17.8. The number of carbonyl (C=O) groups is 1. The molecule has 1 aromatic heterocycles. The minimum absolute atomic E-state index is 0.200. The smallest absolute Gasteiger partial charge is 0.152 e. The van der Waals surface area contributed by atoms with E-state index in [-0.39, 0.29) is 12.3 Å². The van der Waals surface area contributed by atoms with Gasteiger partial charge in [0.25, 0.3) is 0 Å². The van der Waals surface area contributed by atoms with Gasteiger partial charge in [0.05, 0.1) is 23.8 Å². The first-order valence-electron chi connectivity index (χ1n) is 11.0. The standard InChI is InChI=1S/C23H32N4O3/c1-15-3-4-21-20(9-15)22(26-14-25-21)24-11-19(29)10-17-12-27(13-17)18-5-7-23(30,8-6-18)16(2)28/h3-4,9,14,16-18,28,30H,5-8,10-13H2,1-2H3,(H,24,25,26). The normalized spacial score (nSPS) is 26.3. The lowest BCUT2D eigenvalue weighted by Crippen LogP contribution is -2.56. The molecule has 2 aliphatic rings. The minimum atomic E-state index is -0.924. The first-order valence-corrected chi connectivity index (χ1v) is 11.0. The van der Waals surface area contributed by atoms with Crippen LogP contribution < -0.4 is 5.32 Å². The van der Waals surface area contributed by atoms with E-state index in [0.29, 0.717) is 37.0 Å². The lowest BCUT2D eigenvalue weighted by molar-refractivity contribution is -0.121. The third-order valence-electron chi connectivity index (χ3n) is 6.86. The molecule has 1 aromatic carbocycles. The molecule has 1 aliphatic heterocycles. The quantitative estimate of drug-likeness (QED) is 0.642. The van der Waals surface area contributed by atoms with E-state index in [2.05, 4.69) is 20.2 Å². The molecule has 1 unspecified atom stereocenters. The molecule has 2 heterocycles. The van der Waals surface area contributed by atoms with Crippen LogP contribution in [-0.4, -0.2) is 68.2 Å². The highest BCUT2D eigenvalue weighted by Gasteiger charge is 2.41. The van der Waals surface area contributed by atoms with Gasteiger partial charge in [-0.2, -0.15) is 0 Å². The van der Waals surface area contributed by atoms with Crippen molar-refractivity contribution in [2.24, 2.45) is 5.92 Å². The number of hydrogen-bond donors (Lipinski definition) is 3. The summed E-state index contributed by atoms with van der Waals surface area (Å²) in [6, 6.07) is 6.48. The Bertz CT molecular complexity index is 902. The first kappa shape index (κ1) is 21.2. The molecular weight excluding hydrogens is 380 g/mol. The van der Waals surface area contributed by atoms with Crippen LogP contribution in [0.25, 0.3) is 10.9 Å². The first-order chi connectivity index (χ1) is 14.3. The number of likely N-dealkylation sites (tertiary alicyclic amines) is 1. The second kappa shape index (κ2) is 8.57. The van der Waals surface area contributed by atoms with Crippen LogP contribution in [0.1, 0.15) is 44.6 Å². The molecule has 2 aromatic rings. The summed E-state index contributed by atoms with van der Waals surface area (Å²) in [5.41, 5.74) is 1.08. The molecule has 7 heteroatoms. The van der Waals surface area contributed by atoms with E-state index < -0.39 is 11.7 Å². The number of aliphatic hydroxyl groups excluding tert-OH is 1. The Kier molecular flexibility index (Phi) is 6.04. The lowest BCUT2D eigenvalue weighted by atomic mass is 9.77. The SMILES string of the molecule is Cc1ccc2ncnc(NCC(=O)CC3CN(C4CCC(O)(C(C)O)CC4)C3)c2c1. The average molecular weight is 413 g/mol. The number of nitrogens with zero attached hydrogens (tertiary/aromatic N) is 3. The number of rotatable bonds is 7. The van der Waals surface area contributed by atoms with Crippen molar-refractivity contribution in [2.75, 3.05) is 25.0 Å². The van der Waals surface area contributed by atoms with Crippen molar-refractivity contribution in [1.29, 1.82) is 0 Å². The fourth-order valence-corrected chi connectivity index (χ4v) is 4.81.